The molecule has 1 aromatic carbocycles. The van der Waals surface area contributed by atoms with E-state index < -0.39 is 0 Å². The second kappa shape index (κ2) is 5.31. The van der Waals surface area contributed by atoms with Crippen LogP contribution in [0.25, 0.3) is 0 Å². The quantitative estimate of drug-likeness (QED) is 0.379. The molecule has 0 spiro atoms. The Labute approximate surface area is 82.8 Å². The van der Waals surface area contributed by atoms with Crippen molar-refractivity contribution in [2.45, 2.75) is 13.5 Å². The summed E-state index contributed by atoms with van der Waals surface area (Å²) in [5.41, 5.74) is 7.89. The van der Waals surface area contributed by atoms with E-state index in [9.17, 15) is 0 Å². The molecule has 0 aliphatic rings. The lowest BCUT2D eigenvalue weighted by atomic mass is 10.1. The van der Waals surface area contributed by atoms with E-state index in [1.807, 2.05) is 25.1 Å². The van der Waals surface area contributed by atoms with Gasteiger partial charge in [-0.15, -0.1) is 16.1 Å². The maximum absolute atomic E-state index is 9.14. The fourth-order valence-electron chi connectivity index (χ4n) is 1.16. The number of rotatable bonds is 4. The van der Waals surface area contributed by atoms with Crippen molar-refractivity contribution in [1.82, 2.24) is 11.0 Å². The highest BCUT2D eigenvalue weighted by Crippen LogP contribution is 2.13. The molecule has 0 radical (unpaired) electrons. The Kier molecular flexibility index (Phi) is 4.03. The Morgan fingerprint density at radius 3 is 2.93 bits per heavy atom. The van der Waals surface area contributed by atoms with E-state index in [1.165, 1.54) is 0 Å². The maximum atomic E-state index is 9.14. The summed E-state index contributed by atoms with van der Waals surface area (Å²) in [6.45, 7) is 1.95. The van der Waals surface area contributed by atoms with Crippen LogP contribution in [-0.2, 0) is 6.61 Å². The van der Waals surface area contributed by atoms with Gasteiger partial charge < -0.3 is 5.11 Å². The molecule has 5 heteroatoms. The molecule has 0 aromatic heterocycles. The minimum absolute atomic E-state index is 0.00405. The fraction of sp³-hybridized carbons (Fsp3) is 0.333. The summed E-state index contributed by atoms with van der Waals surface area (Å²) in [5.74, 6) is 0. The highest BCUT2D eigenvalue weighted by molar-refractivity contribution is 5.43. The third kappa shape index (κ3) is 2.51. The van der Waals surface area contributed by atoms with Crippen LogP contribution < -0.4 is 16.1 Å². The first kappa shape index (κ1) is 10.6. The van der Waals surface area contributed by atoms with Crippen LogP contribution in [0.5, 0.6) is 0 Å². The first-order valence-corrected chi connectivity index (χ1v) is 4.36. The van der Waals surface area contributed by atoms with Crippen molar-refractivity contribution in [3.63, 3.8) is 0 Å². The van der Waals surface area contributed by atoms with Crippen molar-refractivity contribution in [3.8, 4) is 0 Å². The van der Waals surface area contributed by atoms with Crippen LogP contribution in [0.2, 0.25) is 0 Å². The largest absolute Gasteiger partial charge is 0.392 e. The number of hydrogen-bond donors (Lipinski definition) is 4. The molecular formula is C9H15N4O+. The van der Waals surface area contributed by atoms with E-state index in [0.717, 1.165) is 16.8 Å². The van der Waals surface area contributed by atoms with Crippen molar-refractivity contribution in [1.29, 1.82) is 0 Å². The minimum atomic E-state index is 0.00405. The van der Waals surface area contributed by atoms with Crippen LogP contribution in [0.4, 0.5) is 5.69 Å². The van der Waals surface area contributed by atoms with Crippen molar-refractivity contribution in [3.05, 3.63) is 29.3 Å². The molecule has 0 bridgehead atoms. The highest BCUT2D eigenvalue weighted by Gasteiger charge is 2.04. The van der Waals surface area contributed by atoms with Gasteiger partial charge in [-0.1, -0.05) is 12.1 Å². The Morgan fingerprint density at radius 2 is 2.29 bits per heavy atom. The number of hydrogen-bond acceptors (Lipinski definition) is 3. The molecule has 0 heterocycles. The number of aliphatic hydroxyl groups excluding tert-OH is 1. The lowest BCUT2D eigenvalue weighted by Gasteiger charge is -2.02. The van der Waals surface area contributed by atoms with Gasteiger partial charge >= 0.3 is 0 Å². The van der Waals surface area contributed by atoms with Gasteiger partial charge in [0.05, 0.1) is 6.61 Å². The highest BCUT2D eigenvalue weighted by atomic mass is 16.3. The summed E-state index contributed by atoms with van der Waals surface area (Å²) in [5, 5.41) is 15.7. The maximum Gasteiger partial charge on any atom is 0.152 e. The number of aliphatic hydroxyl groups is 1. The average Bonchev–Trinajstić information content (AvgIpc) is 2.18. The van der Waals surface area contributed by atoms with Crippen LogP contribution >= 0.6 is 0 Å². The molecule has 14 heavy (non-hydrogen) atoms. The van der Waals surface area contributed by atoms with Gasteiger partial charge in [-0.2, -0.15) is 0 Å². The molecule has 0 aliphatic heterocycles. The van der Waals surface area contributed by atoms with Gasteiger partial charge in [0, 0.05) is 12.6 Å². The van der Waals surface area contributed by atoms with Gasteiger partial charge in [-0.05, 0) is 18.6 Å². The van der Waals surface area contributed by atoms with Crippen LogP contribution in [0.15, 0.2) is 23.4 Å². The molecule has 0 unspecified atom stereocenters. The molecule has 0 amide bonds. The second-order valence-corrected chi connectivity index (χ2v) is 2.84. The van der Waals surface area contributed by atoms with E-state index in [-0.39, 0.29) is 6.61 Å². The normalized spacial score (nSPS) is 10.8. The molecule has 0 atom stereocenters. The van der Waals surface area contributed by atoms with Gasteiger partial charge in [0.1, 0.15) is 5.22 Å². The number of benzene rings is 1. The predicted octanol–water partition coefficient (Wildman–Crippen LogP) is -0.709. The Balaban J connectivity index is 2.90. The fourth-order valence-corrected chi connectivity index (χ4v) is 1.16. The SMILES string of the molecule is CNNN=[NH+]c1cccc(C)c1CO. The zero-order valence-electron chi connectivity index (χ0n) is 8.33. The average molecular weight is 195 g/mol. The first-order chi connectivity index (χ1) is 6.79. The van der Waals surface area contributed by atoms with Crippen molar-refractivity contribution in [2.24, 2.45) is 5.22 Å². The molecule has 0 saturated heterocycles. The second-order valence-electron chi connectivity index (χ2n) is 2.84. The number of nitrogens with zero attached hydrogens (tertiary/aromatic N) is 1. The van der Waals surface area contributed by atoms with E-state index in [1.54, 1.807) is 7.05 Å². The van der Waals surface area contributed by atoms with Gasteiger partial charge in [-0.25, -0.2) is 0 Å². The van der Waals surface area contributed by atoms with E-state index >= 15 is 0 Å². The zero-order chi connectivity index (χ0) is 10.4. The number of aryl methyl sites for hydroxylation is 1. The molecule has 1 rings (SSSR count). The number of nitrogens with one attached hydrogen (secondary N) is 3. The summed E-state index contributed by atoms with van der Waals surface area (Å²) >= 11 is 0. The molecule has 76 valence electrons. The van der Waals surface area contributed by atoms with Crippen LogP contribution in [0.1, 0.15) is 11.1 Å². The minimum Gasteiger partial charge on any atom is -0.392 e. The zero-order valence-corrected chi connectivity index (χ0v) is 8.33. The van der Waals surface area contributed by atoms with E-state index in [0.29, 0.717) is 0 Å². The van der Waals surface area contributed by atoms with Crippen molar-refractivity contribution in [2.75, 3.05) is 7.05 Å². The molecule has 4 N–H and O–H groups in total. The topological polar surface area (TPSA) is 70.6 Å². The van der Waals surface area contributed by atoms with Gasteiger partial charge in [0.15, 0.2) is 5.69 Å². The van der Waals surface area contributed by atoms with E-state index in [4.69, 9.17) is 5.11 Å². The molecular weight excluding hydrogens is 180 g/mol. The summed E-state index contributed by atoms with van der Waals surface area (Å²) < 4.78 is 0. The molecule has 0 saturated carbocycles. The number of hydrazine groups is 1. The Morgan fingerprint density at radius 1 is 1.50 bits per heavy atom. The standard InChI is InChI=1S/C9H14N4O/c1-7-4-3-5-9(8(7)6-14)11-13-12-10-2/h3-5,14H,6H2,1-2H3,(H,10,13)(H,11,12)/p+1. The monoisotopic (exact) mass is 195 g/mol. The third-order valence-electron chi connectivity index (χ3n) is 1.91. The predicted molar refractivity (Wildman–Crippen MR) is 52.3 cm³/mol. The summed E-state index contributed by atoms with van der Waals surface area (Å²) in [6.07, 6.45) is 0. The lowest BCUT2D eigenvalue weighted by Crippen LogP contribution is -2.61. The van der Waals surface area contributed by atoms with Crippen LogP contribution in [0, 0.1) is 6.92 Å². The van der Waals surface area contributed by atoms with Gasteiger partial charge in [0.2, 0.25) is 0 Å². The van der Waals surface area contributed by atoms with Crippen molar-refractivity contribution >= 4 is 5.69 Å². The van der Waals surface area contributed by atoms with Gasteiger partial charge in [0.25, 0.3) is 0 Å². The molecule has 5 nitrogen and oxygen atoms in total. The smallest absolute Gasteiger partial charge is 0.152 e. The van der Waals surface area contributed by atoms with Crippen LogP contribution in [0.3, 0.4) is 0 Å². The van der Waals surface area contributed by atoms with Gasteiger partial charge in [-0.3, -0.25) is 0 Å². The molecule has 0 aliphatic carbocycles. The molecule has 0 fully saturated rings. The van der Waals surface area contributed by atoms with Crippen molar-refractivity contribution < 1.29 is 10.2 Å². The third-order valence-corrected chi connectivity index (χ3v) is 1.91. The van der Waals surface area contributed by atoms with Crippen LogP contribution in [-0.4, -0.2) is 12.2 Å². The summed E-state index contributed by atoms with van der Waals surface area (Å²) in [7, 11) is 1.72. The summed E-state index contributed by atoms with van der Waals surface area (Å²) in [4.78, 5) is 0. The molecule has 1 aromatic rings. The first-order valence-electron chi connectivity index (χ1n) is 4.36. The Bertz CT molecular complexity index is 325. The lowest BCUT2D eigenvalue weighted by molar-refractivity contribution is -0.448. The summed E-state index contributed by atoms with van der Waals surface area (Å²) in [6, 6.07) is 5.72. The van der Waals surface area contributed by atoms with E-state index in [2.05, 4.69) is 21.3 Å². The Hall–Kier alpha value is -1.46.